The minimum atomic E-state index is -0.305. The van der Waals surface area contributed by atoms with Gasteiger partial charge in [-0.15, -0.1) is 0 Å². The van der Waals surface area contributed by atoms with Crippen LogP contribution in [0.1, 0.15) is 55.8 Å². The van der Waals surface area contributed by atoms with Gasteiger partial charge >= 0.3 is 6.09 Å². The molecule has 0 unspecified atom stereocenters. The maximum Gasteiger partial charge on any atom is 0.407 e. The summed E-state index contributed by atoms with van der Waals surface area (Å²) < 4.78 is 17.8. The summed E-state index contributed by atoms with van der Waals surface area (Å²) in [6.07, 6.45) is 5.14. The number of pyridine rings is 1. The Labute approximate surface area is 207 Å². The van der Waals surface area contributed by atoms with E-state index in [4.69, 9.17) is 19.2 Å². The van der Waals surface area contributed by atoms with Crippen LogP contribution >= 0.6 is 0 Å². The number of alkyl carbamates (subject to hydrolysis) is 1. The highest BCUT2D eigenvalue weighted by Gasteiger charge is 2.56. The van der Waals surface area contributed by atoms with Crippen LogP contribution in [-0.2, 0) is 22.7 Å². The zero-order valence-corrected chi connectivity index (χ0v) is 20.6. The number of hydrogen-bond donors (Lipinski definition) is 1. The fourth-order valence-electron chi connectivity index (χ4n) is 5.31. The Bertz CT molecular complexity index is 1170. The average molecular weight is 475 g/mol. The second-order valence-corrected chi connectivity index (χ2v) is 9.81. The lowest BCUT2D eigenvalue weighted by molar-refractivity contribution is 0.0608. The third-order valence-electron chi connectivity index (χ3n) is 7.52. The molecule has 184 valence electrons. The van der Waals surface area contributed by atoms with E-state index >= 15 is 0 Å². The van der Waals surface area contributed by atoms with Gasteiger partial charge in [0.2, 0.25) is 0 Å². The Hall–Kier alpha value is -3.12. The molecule has 0 bridgehead atoms. The van der Waals surface area contributed by atoms with Crippen molar-refractivity contribution in [1.29, 1.82) is 0 Å². The van der Waals surface area contributed by atoms with Crippen LogP contribution < -0.4 is 10.1 Å². The maximum absolute atomic E-state index is 11.7. The molecule has 2 aliphatic carbocycles. The first-order valence-electron chi connectivity index (χ1n) is 12.7. The number of nitrogens with zero attached hydrogens (tertiary/aromatic N) is 1. The summed E-state index contributed by atoms with van der Waals surface area (Å²) in [5, 5.41) is 4.01. The molecule has 1 N–H and O–H groups in total. The lowest BCUT2D eigenvalue weighted by Gasteiger charge is -2.29. The molecular weight excluding hydrogens is 440 g/mol. The van der Waals surface area contributed by atoms with Crippen molar-refractivity contribution in [3.05, 3.63) is 71.4 Å². The highest BCUT2D eigenvalue weighted by molar-refractivity contribution is 5.86. The lowest BCUT2D eigenvalue weighted by atomic mass is 9.83. The number of amides is 1. The Morgan fingerprint density at radius 3 is 2.57 bits per heavy atom. The highest BCUT2D eigenvalue weighted by atomic mass is 16.5. The third-order valence-corrected chi connectivity index (χ3v) is 7.52. The molecule has 6 nitrogen and oxygen atoms in total. The zero-order chi connectivity index (χ0) is 24.3. The van der Waals surface area contributed by atoms with Crippen LogP contribution in [0.4, 0.5) is 4.79 Å². The molecule has 0 radical (unpaired) electrons. The van der Waals surface area contributed by atoms with Gasteiger partial charge in [-0.1, -0.05) is 42.5 Å². The summed E-state index contributed by atoms with van der Waals surface area (Å²) >= 11 is 0. The molecule has 35 heavy (non-hydrogen) atoms. The van der Waals surface area contributed by atoms with Crippen molar-refractivity contribution in [2.24, 2.45) is 5.41 Å². The van der Waals surface area contributed by atoms with E-state index in [1.807, 2.05) is 43.3 Å². The molecule has 1 atom stereocenters. The van der Waals surface area contributed by atoms with Crippen LogP contribution in [-0.4, -0.2) is 29.8 Å². The van der Waals surface area contributed by atoms with Crippen molar-refractivity contribution in [1.82, 2.24) is 10.3 Å². The van der Waals surface area contributed by atoms with E-state index in [0.29, 0.717) is 19.8 Å². The summed E-state index contributed by atoms with van der Waals surface area (Å²) in [4.78, 5) is 16.6. The van der Waals surface area contributed by atoms with E-state index < -0.39 is 0 Å². The van der Waals surface area contributed by atoms with Gasteiger partial charge in [0, 0.05) is 17.0 Å². The van der Waals surface area contributed by atoms with Gasteiger partial charge in [-0.05, 0) is 69.1 Å². The number of rotatable bonds is 8. The van der Waals surface area contributed by atoms with Gasteiger partial charge in [-0.25, -0.2) is 9.78 Å². The van der Waals surface area contributed by atoms with E-state index in [-0.39, 0.29) is 23.7 Å². The van der Waals surface area contributed by atoms with E-state index in [0.717, 1.165) is 65.6 Å². The van der Waals surface area contributed by atoms with Crippen LogP contribution in [0.25, 0.3) is 10.9 Å². The van der Waals surface area contributed by atoms with Crippen LogP contribution in [0.2, 0.25) is 0 Å². The van der Waals surface area contributed by atoms with E-state index in [9.17, 15) is 4.79 Å². The predicted octanol–water partition coefficient (Wildman–Crippen LogP) is 6.09. The third kappa shape index (κ3) is 5.27. The topological polar surface area (TPSA) is 69.7 Å². The monoisotopic (exact) mass is 474 g/mol. The second kappa shape index (κ2) is 10.2. The molecule has 1 spiro atoms. The Kier molecular flexibility index (Phi) is 6.91. The van der Waals surface area contributed by atoms with Gasteiger partial charge in [-0.3, -0.25) is 0 Å². The molecule has 1 aromatic heterocycles. The molecular formula is C29H34N2O4. The fraction of sp³-hybridized carbons (Fsp3) is 0.448. The van der Waals surface area contributed by atoms with Crippen LogP contribution in [0.15, 0.2) is 54.6 Å². The van der Waals surface area contributed by atoms with Gasteiger partial charge in [0.05, 0.1) is 30.5 Å². The number of nitrogens with one attached hydrogen (secondary N) is 1. The van der Waals surface area contributed by atoms with Crippen molar-refractivity contribution in [3.63, 3.8) is 0 Å². The quantitative estimate of drug-likeness (QED) is 0.428. The predicted molar refractivity (Wildman–Crippen MR) is 135 cm³/mol. The Morgan fingerprint density at radius 1 is 1.06 bits per heavy atom. The zero-order valence-electron chi connectivity index (χ0n) is 20.6. The maximum atomic E-state index is 11.7. The largest absolute Gasteiger partial charge is 0.488 e. The first-order valence-corrected chi connectivity index (χ1v) is 12.7. The minimum Gasteiger partial charge on any atom is -0.488 e. The van der Waals surface area contributed by atoms with Gasteiger partial charge in [0.25, 0.3) is 0 Å². The van der Waals surface area contributed by atoms with Crippen molar-refractivity contribution < 1.29 is 19.0 Å². The first-order chi connectivity index (χ1) is 17.1. The fourth-order valence-corrected chi connectivity index (χ4v) is 5.31. The van der Waals surface area contributed by atoms with Crippen LogP contribution in [0, 0.1) is 12.3 Å². The summed E-state index contributed by atoms with van der Waals surface area (Å²) in [6.45, 7) is 5.30. The number of aromatic nitrogens is 1. The molecule has 5 rings (SSSR count). The lowest BCUT2D eigenvalue weighted by Crippen LogP contribution is -2.38. The van der Waals surface area contributed by atoms with E-state index in [1.54, 1.807) is 0 Å². The molecule has 0 aliphatic heterocycles. The van der Waals surface area contributed by atoms with Gasteiger partial charge < -0.3 is 19.5 Å². The Morgan fingerprint density at radius 2 is 1.80 bits per heavy atom. The van der Waals surface area contributed by atoms with Crippen LogP contribution in [0.3, 0.4) is 0 Å². The first kappa shape index (κ1) is 23.6. The molecule has 6 heteroatoms. The Balaban J connectivity index is 1.23. The minimum absolute atomic E-state index is 0.203. The number of carbonyl (C=O) groups is 1. The van der Waals surface area contributed by atoms with Gasteiger partial charge in [0.1, 0.15) is 12.4 Å². The number of hydrogen-bond acceptors (Lipinski definition) is 5. The molecule has 1 heterocycles. The summed E-state index contributed by atoms with van der Waals surface area (Å²) in [5.74, 6) is 0.883. The van der Waals surface area contributed by atoms with Crippen molar-refractivity contribution in [3.8, 4) is 5.75 Å². The molecule has 2 saturated carbocycles. The molecule has 2 fully saturated rings. The number of fused-ring (bicyclic) bond motifs is 1. The van der Waals surface area contributed by atoms with Crippen LogP contribution in [0.5, 0.6) is 5.75 Å². The number of para-hydroxylation sites is 1. The SMILES string of the molecule is CCOC(=O)NC1CCC2(CC1)C[C@H]2OCc1nc2ccccc2c(OCc2ccccc2)c1C. The molecule has 2 aliphatic rings. The van der Waals surface area contributed by atoms with Gasteiger partial charge in [-0.2, -0.15) is 0 Å². The van der Waals surface area contributed by atoms with E-state index in [1.165, 1.54) is 0 Å². The number of carbonyl (C=O) groups excluding carboxylic acids is 1. The molecule has 1 amide bonds. The molecule has 0 saturated heterocycles. The summed E-state index contributed by atoms with van der Waals surface area (Å²) in [7, 11) is 0. The summed E-state index contributed by atoms with van der Waals surface area (Å²) in [5.41, 5.74) is 4.29. The standard InChI is InChI=1S/C29H34N2O4/c1-3-33-28(32)30-22-13-15-29(16-14-22)17-26(29)34-19-25-20(2)27(23-11-7-8-12-24(23)31-25)35-18-21-9-5-4-6-10-21/h4-12,22,26H,3,13-19H2,1-2H3,(H,30,32)/t22?,26-,29?/m1/s1. The smallest absolute Gasteiger partial charge is 0.407 e. The van der Waals surface area contributed by atoms with Crippen molar-refractivity contribution in [2.75, 3.05) is 6.61 Å². The van der Waals surface area contributed by atoms with E-state index in [2.05, 4.69) is 30.4 Å². The number of benzene rings is 2. The van der Waals surface area contributed by atoms with Crippen molar-refractivity contribution >= 4 is 17.0 Å². The average Bonchev–Trinajstić information content (AvgIpc) is 3.56. The highest BCUT2D eigenvalue weighted by Crippen LogP contribution is 2.58. The molecule has 2 aromatic carbocycles. The van der Waals surface area contributed by atoms with Gasteiger partial charge in [0.15, 0.2) is 0 Å². The molecule has 3 aromatic rings. The summed E-state index contributed by atoms with van der Waals surface area (Å²) in [6, 6.07) is 18.6. The number of ether oxygens (including phenoxy) is 3. The second-order valence-electron chi connectivity index (χ2n) is 9.81. The normalized spacial score (nSPS) is 23.3. The van der Waals surface area contributed by atoms with Crippen molar-refractivity contribution in [2.45, 2.75) is 71.3 Å².